The van der Waals surface area contributed by atoms with E-state index in [1.165, 1.54) is 17.1 Å². The third-order valence-corrected chi connectivity index (χ3v) is 5.40. The summed E-state index contributed by atoms with van der Waals surface area (Å²) in [7, 11) is 0. The van der Waals surface area contributed by atoms with Crippen molar-refractivity contribution in [1.29, 1.82) is 0 Å². The van der Waals surface area contributed by atoms with Gasteiger partial charge in [0.25, 0.3) is 0 Å². The second kappa shape index (κ2) is 5.76. The maximum Gasteiger partial charge on any atom is 0.337 e. The molecule has 0 atom stereocenters. The number of halogens is 1. The molecule has 4 nitrogen and oxygen atoms in total. The van der Waals surface area contributed by atoms with E-state index in [9.17, 15) is 4.79 Å². The molecule has 0 unspecified atom stereocenters. The van der Waals surface area contributed by atoms with Gasteiger partial charge in [0.15, 0.2) is 0 Å². The molecule has 0 bridgehead atoms. The Morgan fingerprint density at radius 1 is 1.12 bits per heavy atom. The average molecular weight is 358 g/mol. The number of nitrogens with one attached hydrogen (secondary N) is 1. The normalized spacial score (nSPS) is 16.3. The summed E-state index contributed by atoms with van der Waals surface area (Å²) in [4.78, 5) is 17.8. The largest absolute Gasteiger partial charge is 0.337 e. The zero-order valence-corrected chi connectivity index (χ0v) is 14.7. The zero-order valence-electron chi connectivity index (χ0n) is 13.1. The molecule has 2 aromatic carbocycles. The minimum atomic E-state index is -0.304. The number of aromatic nitrogens is 2. The molecule has 4 rings (SSSR count). The van der Waals surface area contributed by atoms with Crippen molar-refractivity contribution < 1.29 is 0 Å². The summed E-state index contributed by atoms with van der Waals surface area (Å²) in [5.41, 5.74) is 2.71. The molecule has 0 radical (unpaired) electrons. The van der Waals surface area contributed by atoms with Crippen LogP contribution in [0.1, 0.15) is 24.0 Å². The lowest BCUT2D eigenvalue weighted by atomic mass is 10.1. The maximum absolute atomic E-state index is 12.4. The molecule has 0 spiro atoms. The average Bonchev–Trinajstić information content (AvgIpc) is 3.29. The molecule has 0 amide bonds. The van der Waals surface area contributed by atoms with E-state index in [4.69, 9.17) is 11.6 Å². The van der Waals surface area contributed by atoms with Crippen LogP contribution in [0, 0.1) is 6.92 Å². The lowest BCUT2D eigenvalue weighted by Crippen LogP contribution is -2.37. The van der Waals surface area contributed by atoms with Crippen LogP contribution < -0.4 is 10.5 Å². The number of aryl methyl sites for hydroxylation is 1. The predicted octanol–water partition coefficient (Wildman–Crippen LogP) is 3.97. The Hall–Kier alpha value is -2.11. The van der Waals surface area contributed by atoms with Gasteiger partial charge in [0.1, 0.15) is 0 Å². The summed E-state index contributed by atoms with van der Waals surface area (Å²) < 4.78 is 4.62. The molecule has 1 N–H and O–H groups in total. The molecule has 1 saturated carbocycles. The summed E-state index contributed by atoms with van der Waals surface area (Å²) in [6, 6.07) is 15.7. The Balaban J connectivity index is 1.85. The lowest BCUT2D eigenvalue weighted by molar-refractivity contribution is 0.535. The molecule has 1 aliphatic carbocycles. The minimum absolute atomic E-state index is 0.113. The fraction of sp³-hybridized carbons (Fsp3) is 0.222. The van der Waals surface area contributed by atoms with Gasteiger partial charge in [0, 0.05) is 5.02 Å². The first-order valence-corrected chi connectivity index (χ1v) is 8.96. The summed E-state index contributed by atoms with van der Waals surface area (Å²) in [5, 5.41) is 0.698. The molecule has 1 aliphatic rings. The Morgan fingerprint density at radius 3 is 2.42 bits per heavy atom. The number of benzene rings is 2. The molecule has 3 aromatic rings. The van der Waals surface area contributed by atoms with Crippen molar-refractivity contribution in [2.24, 2.45) is 4.99 Å². The molecule has 1 aromatic heterocycles. The van der Waals surface area contributed by atoms with Gasteiger partial charge in [-0.05, 0) is 61.1 Å². The van der Waals surface area contributed by atoms with E-state index in [-0.39, 0.29) is 11.2 Å². The van der Waals surface area contributed by atoms with Crippen molar-refractivity contribution in [2.45, 2.75) is 25.3 Å². The van der Waals surface area contributed by atoms with Crippen LogP contribution in [0.25, 0.3) is 0 Å². The molecular formula is C18H16ClN3OS. The van der Waals surface area contributed by atoms with E-state index in [0.717, 1.165) is 24.1 Å². The molecule has 6 heteroatoms. The zero-order chi connectivity index (χ0) is 16.7. The first-order chi connectivity index (χ1) is 11.6. The maximum atomic E-state index is 12.4. The van der Waals surface area contributed by atoms with E-state index < -0.39 is 0 Å². The molecule has 0 aliphatic heterocycles. The predicted molar refractivity (Wildman–Crippen MR) is 97.1 cm³/mol. The monoisotopic (exact) mass is 357 g/mol. The molecule has 0 saturated heterocycles. The van der Waals surface area contributed by atoms with Gasteiger partial charge in [-0.1, -0.05) is 41.4 Å². The minimum Gasteiger partial charge on any atom is -0.259 e. The molecular weight excluding hydrogens is 342 g/mol. The van der Waals surface area contributed by atoms with Crippen LogP contribution >= 0.6 is 23.1 Å². The summed E-state index contributed by atoms with van der Waals surface area (Å²) in [6.45, 7) is 2.04. The highest BCUT2D eigenvalue weighted by Gasteiger charge is 2.48. The van der Waals surface area contributed by atoms with Crippen LogP contribution in [0.4, 0.5) is 5.69 Å². The number of nitrogens with zero attached hydrogens (tertiary/aromatic N) is 2. The van der Waals surface area contributed by atoms with Crippen molar-refractivity contribution in [3.8, 4) is 0 Å². The summed E-state index contributed by atoms with van der Waals surface area (Å²) in [6.07, 6.45) is 1.85. The fourth-order valence-electron chi connectivity index (χ4n) is 2.97. The van der Waals surface area contributed by atoms with Gasteiger partial charge in [-0.3, -0.25) is 8.94 Å². The number of H-pyrrole nitrogens is 1. The second-order valence-corrected chi connectivity index (χ2v) is 7.32. The highest BCUT2D eigenvalue weighted by Crippen LogP contribution is 2.48. The first-order valence-electron chi connectivity index (χ1n) is 7.77. The lowest BCUT2D eigenvalue weighted by Gasteiger charge is -2.16. The van der Waals surface area contributed by atoms with Crippen molar-refractivity contribution in [3.63, 3.8) is 0 Å². The topological polar surface area (TPSA) is 50.1 Å². The van der Waals surface area contributed by atoms with Crippen LogP contribution in [0.15, 0.2) is 58.3 Å². The fourth-order valence-corrected chi connectivity index (χ4v) is 3.86. The summed E-state index contributed by atoms with van der Waals surface area (Å²) >= 11 is 7.27. The van der Waals surface area contributed by atoms with E-state index in [2.05, 4.69) is 9.37 Å². The van der Waals surface area contributed by atoms with Crippen LogP contribution in [0.5, 0.6) is 0 Å². The van der Waals surface area contributed by atoms with Crippen LogP contribution in [0.2, 0.25) is 5.02 Å². The number of hydrogen-bond donors (Lipinski definition) is 1. The third-order valence-electron chi connectivity index (χ3n) is 4.42. The van der Waals surface area contributed by atoms with Gasteiger partial charge >= 0.3 is 5.69 Å². The van der Waals surface area contributed by atoms with Crippen LogP contribution in [-0.2, 0) is 5.54 Å². The van der Waals surface area contributed by atoms with Crippen LogP contribution in [0.3, 0.4) is 0 Å². The van der Waals surface area contributed by atoms with Crippen molar-refractivity contribution >= 4 is 28.8 Å². The Morgan fingerprint density at radius 2 is 1.79 bits per heavy atom. The van der Waals surface area contributed by atoms with Crippen molar-refractivity contribution in [1.82, 2.24) is 8.94 Å². The highest BCUT2D eigenvalue weighted by atomic mass is 35.5. The van der Waals surface area contributed by atoms with Gasteiger partial charge in [-0.2, -0.15) is 0 Å². The number of rotatable bonds is 3. The second-order valence-electron chi connectivity index (χ2n) is 6.11. The standard InChI is InChI=1S/C18H16ClN3OS/c1-12-2-8-15(9-3-12)20-17-22(16(23)21-24-17)18(10-11-18)13-4-6-14(19)7-5-13/h2-9H,10-11H2,1H3,(H,21,23)/b20-17-. The quantitative estimate of drug-likeness (QED) is 0.757. The van der Waals surface area contributed by atoms with E-state index in [1.54, 1.807) is 4.57 Å². The van der Waals surface area contributed by atoms with Gasteiger partial charge in [0.05, 0.1) is 11.2 Å². The highest BCUT2D eigenvalue weighted by molar-refractivity contribution is 7.02. The molecule has 1 heterocycles. The third kappa shape index (κ3) is 2.64. The summed E-state index contributed by atoms with van der Waals surface area (Å²) in [5.74, 6) is 0. The van der Waals surface area contributed by atoms with Gasteiger partial charge in [0.2, 0.25) is 4.80 Å². The van der Waals surface area contributed by atoms with E-state index in [0.29, 0.717) is 9.82 Å². The molecule has 24 heavy (non-hydrogen) atoms. The SMILES string of the molecule is Cc1ccc(/N=c2\s[nH]c(=O)n2C2(c3ccc(Cl)cc3)CC2)cc1. The van der Waals surface area contributed by atoms with Gasteiger partial charge in [-0.15, -0.1) is 0 Å². The smallest absolute Gasteiger partial charge is 0.259 e. The van der Waals surface area contributed by atoms with Crippen molar-refractivity contribution in [3.05, 3.63) is 80.0 Å². The van der Waals surface area contributed by atoms with Crippen LogP contribution in [-0.4, -0.2) is 8.94 Å². The first kappa shape index (κ1) is 15.4. The molecule has 1 fully saturated rings. The van der Waals surface area contributed by atoms with E-state index >= 15 is 0 Å². The Labute approximate surface area is 148 Å². The van der Waals surface area contributed by atoms with Gasteiger partial charge in [-0.25, -0.2) is 9.79 Å². The van der Waals surface area contributed by atoms with E-state index in [1.807, 2.05) is 55.5 Å². The Bertz CT molecular complexity index is 992. The molecule has 122 valence electrons. The van der Waals surface area contributed by atoms with Crippen molar-refractivity contribution in [2.75, 3.05) is 0 Å². The Kier molecular flexibility index (Phi) is 3.70. The number of hydrogen-bond acceptors (Lipinski definition) is 3. The van der Waals surface area contributed by atoms with Gasteiger partial charge < -0.3 is 0 Å². The number of aromatic amines is 1.